The van der Waals surface area contributed by atoms with E-state index in [1.165, 1.54) is 47.0 Å². The fourth-order valence-corrected chi connectivity index (χ4v) is 3.23. The number of aromatic nitrogens is 2. The topological polar surface area (TPSA) is 96.0 Å². The lowest BCUT2D eigenvalue weighted by molar-refractivity contribution is -0.123. The van der Waals surface area contributed by atoms with Crippen molar-refractivity contribution in [3.05, 3.63) is 68.7 Å². The molecular weight excluding hydrogens is 433 g/mol. The minimum Gasteiger partial charge on any atom is -0.343 e. The van der Waals surface area contributed by atoms with Crippen LogP contribution in [0.4, 0.5) is 18.9 Å². The van der Waals surface area contributed by atoms with Gasteiger partial charge in [-0.3, -0.25) is 19.0 Å². The molecule has 3 N–H and O–H groups in total. The number of hydrogen-bond donors (Lipinski definition) is 3. The van der Waals surface area contributed by atoms with Crippen molar-refractivity contribution in [2.45, 2.75) is 19.6 Å². The summed E-state index contributed by atoms with van der Waals surface area (Å²) in [4.78, 5) is 39.8. The van der Waals surface area contributed by atoms with Crippen LogP contribution < -0.4 is 16.2 Å². The smallest absolute Gasteiger partial charge is 0.343 e. The molecule has 11 heteroatoms. The molecule has 7 nitrogen and oxygen atoms in total. The Morgan fingerprint density at radius 1 is 1.10 bits per heavy atom. The molecule has 0 atom stereocenters. The van der Waals surface area contributed by atoms with Gasteiger partial charge in [-0.05, 0) is 55.5 Å². The second kappa shape index (κ2) is 8.72. The molecular formula is C20H17F3N4O3S. The number of carbonyl (C=O) groups is 2. The Kier molecular flexibility index (Phi) is 6.25. The van der Waals surface area contributed by atoms with Crippen LogP contribution in [0.3, 0.4) is 0 Å². The van der Waals surface area contributed by atoms with Crippen molar-refractivity contribution in [1.29, 1.82) is 0 Å². The predicted octanol–water partition coefficient (Wildman–Crippen LogP) is 3.62. The summed E-state index contributed by atoms with van der Waals surface area (Å²) >= 11 is 5.16. The first kappa shape index (κ1) is 22.2. The molecule has 0 saturated carbocycles. The number of nitrogens with one attached hydrogen (secondary N) is 3. The summed E-state index contributed by atoms with van der Waals surface area (Å²) in [5.74, 6) is -1.45. The maximum atomic E-state index is 12.6. The standard InChI is InChI=1S/C20H17F3N4O3S/c1-2-27-18(30)14-7-6-12(9-15(14)26-19(27)31)17(29)25-13-5-3-4-11(8-13)16(28)24-10-20(21,22)23/h3-9H,2,10H2,1H3,(H,24,28)(H,25,29)(H,26,31). The highest BCUT2D eigenvalue weighted by atomic mass is 32.1. The van der Waals surface area contributed by atoms with Gasteiger partial charge >= 0.3 is 6.18 Å². The van der Waals surface area contributed by atoms with Crippen molar-refractivity contribution in [1.82, 2.24) is 14.9 Å². The number of halogens is 3. The number of carbonyl (C=O) groups excluding carboxylic acids is 2. The average Bonchev–Trinajstić information content (AvgIpc) is 2.71. The minimum atomic E-state index is -4.53. The van der Waals surface area contributed by atoms with Crippen molar-refractivity contribution >= 4 is 40.6 Å². The Labute approximate surface area is 178 Å². The van der Waals surface area contributed by atoms with E-state index in [-0.39, 0.29) is 27.1 Å². The van der Waals surface area contributed by atoms with Crippen molar-refractivity contribution in [3.8, 4) is 0 Å². The van der Waals surface area contributed by atoms with Crippen LogP contribution in [-0.2, 0) is 6.54 Å². The Hall–Kier alpha value is -3.47. The van der Waals surface area contributed by atoms with Gasteiger partial charge in [-0.1, -0.05) is 6.07 Å². The maximum Gasteiger partial charge on any atom is 0.405 e. The Morgan fingerprint density at radius 3 is 2.48 bits per heavy atom. The molecule has 0 saturated heterocycles. The number of nitrogens with zero attached hydrogens (tertiary/aromatic N) is 1. The lowest BCUT2D eigenvalue weighted by Crippen LogP contribution is -2.33. The Bertz CT molecular complexity index is 1280. The monoisotopic (exact) mass is 450 g/mol. The summed E-state index contributed by atoms with van der Waals surface area (Å²) in [5.41, 5.74) is 0.529. The SMILES string of the molecule is CCn1c(=S)[nH]c2cc(C(=O)Nc3cccc(C(=O)NCC(F)(F)F)c3)ccc2c1=O. The van der Waals surface area contributed by atoms with Gasteiger partial charge in [0.1, 0.15) is 6.54 Å². The van der Waals surface area contributed by atoms with E-state index in [4.69, 9.17) is 12.2 Å². The number of fused-ring (bicyclic) bond motifs is 1. The van der Waals surface area contributed by atoms with Crippen LogP contribution in [0.15, 0.2) is 47.3 Å². The van der Waals surface area contributed by atoms with Gasteiger partial charge in [0.25, 0.3) is 17.4 Å². The number of hydrogen-bond acceptors (Lipinski definition) is 4. The van der Waals surface area contributed by atoms with Crippen LogP contribution in [0.25, 0.3) is 10.9 Å². The van der Waals surface area contributed by atoms with Gasteiger partial charge in [0.15, 0.2) is 4.77 Å². The molecule has 1 heterocycles. The predicted molar refractivity (Wildman–Crippen MR) is 112 cm³/mol. The molecule has 2 amide bonds. The van der Waals surface area contributed by atoms with Crippen molar-refractivity contribution < 1.29 is 22.8 Å². The molecule has 0 spiro atoms. The Morgan fingerprint density at radius 2 is 1.81 bits per heavy atom. The number of rotatable bonds is 5. The Balaban J connectivity index is 1.82. The molecule has 0 unspecified atom stereocenters. The van der Waals surface area contributed by atoms with Crippen LogP contribution in [0.5, 0.6) is 0 Å². The van der Waals surface area contributed by atoms with Gasteiger partial charge in [-0.25, -0.2) is 0 Å². The van der Waals surface area contributed by atoms with Crippen LogP contribution in [-0.4, -0.2) is 34.1 Å². The van der Waals surface area contributed by atoms with E-state index < -0.39 is 24.5 Å². The molecule has 3 aromatic rings. The van der Waals surface area contributed by atoms with E-state index in [0.29, 0.717) is 17.4 Å². The molecule has 1 aromatic heterocycles. The lowest BCUT2D eigenvalue weighted by Gasteiger charge is -2.10. The quantitative estimate of drug-likeness (QED) is 0.518. The molecule has 31 heavy (non-hydrogen) atoms. The van der Waals surface area contributed by atoms with Crippen LogP contribution in [0.1, 0.15) is 27.6 Å². The first-order valence-electron chi connectivity index (χ1n) is 9.12. The molecule has 0 fully saturated rings. The first-order chi connectivity index (χ1) is 14.6. The van der Waals surface area contributed by atoms with Crippen molar-refractivity contribution in [2.24, 2.45) is 0 Å². The number of aromatic amines is 1. The van der Waals surface area contributed by atoms with Crippen LogP contribution in [0, 0.1) is 4.77 Å². The van der Waals surface area contributed by atoms with Crippen molar-refractivity contribution in [2.75, 3.05) is 11.9 Å². The average molecular weight is 450 g/mol. The highest BCUT2D eigenvalue weighted by molar-refractivity contribution is 7.71. The highest BCUT2D eigenvalue weighted by Crippen LogP contribution is 2.16. The largest absolute Gasteiger partial charge is 0.405 e. The van der Waals surface area contributed by atoms with E-state index in [1.807, 2.05) is 0 Å². The van der Waals surface area contributed by atoms with Gasteiger partial charge < -0.3 is 15.6 Å². The van der Waals surface area contributed by atoms with E-state index in [1.54, 1.807) is 12.2 Å². The summed E-state index contributed by atoms with van der Waals surface area (Å²) in [5, 5.41) is 4.72. The van der Waals surface area contributed by atoms with E-state index >= 15 is 0 Å². The molecule has 3 rings (SSSR count). The molecule has 0 radical (unpaired) electrons. The minimum absolute atomic E-state index is 0.0373. The summed E-state index contributed by atoms with van der Waals surface area (Å²) in [6, 6.07) is 9.97. The summed E-state index contributed by atoms with van der Waals surface area (Å²) in [6.07, 6.45) is -4.53. The summed E-state index contributed by atoms with van der Waals surface area (Å²) < 4.78 is 38.4. The molecule has 0 aliphatic heterocycles. The molecule has 0 aliphatic rings. The summed E-state index contributed by atoms with van der Waals surface area (Å²) in [7, 11) is 0. The number of alkyl halides is 3. The zero-order chi connectivity index (χ0) is 22.8. The van der Waals surface area contributed by atoms with Crippen LogP contribution >= 0.6 is 12.2 Å². The van der Waals surface area contributed by atoms with E-state index in [9.17, 15) is 27.6 Å². The lowest BCUT2D eigenvalue weighted by atomic mass is 10.1. The fourth-order valence-electron chi connectivity index (χ4n) is 2.91. The van der Waals surface area contributed by atoms with Gasteiger partial charge in [-0.15, -0.1) is 0 Å². The molecule has 162 valence electrons. The van der Waals surface area contributed by atoms with Gasteiger partial charge in [0.2, 0.25) is 0 Å². The van der Waals surface area contributed by atoms with E-state index in [0.717, 1.165) is 0 Å². The van der Waals surface area contributed by atoms with Crippen LogP contribution in [0.2, 0.25) is 0 Å². The number of H-pyrrole nitrogens is 1. The second-order valence-corrected chi connectivity index (χ2v) is 6.96. The third-order valence-corrected chi connectivity index (χ3v) is 4.71. The maximum absolute atomic E-state index is 12.6. The molecule has 0 bridgehead atoms. The fraction of sp³-hybridized carbons (Fsp3) is 0.200. The zero-order valence-electron chi connectivity index (χ0n) is 16.2. The summed E-state index contributed by atoms with van der Waals surface area (Å²) in [6.45, 7) is 0.732. The number of benzene rings is 2. The molecule has 0 aliphatic carbocycles. The number of anilines is 1. The highest BCUT2D eigenvalue weighted by Gasteiger charge is 2.27. The van der Waals surface area contributed by atoms with Gasteiger partial charge in [0.05, 0.1) is 10.9 Å². The number of amides is 2. The van der Waals surface area contributed by atoms with E-state index in [2.05, 4.69) is 10.3 Å². The normalized spacial score (nSPS) is 11.4. The molecule has 2 aromatic carbocycles. The third-order valence-electron chi connectivity index (χ3n) is 4.39. The first-order valence-corrected chi connectivity index (χ1v) is 9.53. The van der Waals surface area contributed by atoms with Crippen molar-refractivity contribution in [3.63, 3.8) is 0 Å². The zero-order valence-corrected chi connectivity index (χ0v) is 17.0. The van der Waals surface area contributed by atoms with Gasteiger partial charge in [-0.2, -0.15) is 13.2 Å². The third kappa shape index (κ3) is 5.18. The van der Waals surface area contributed by atoms with Gasteiger partial charge in [0, 0.05) is 23.4 Å². The second-order valence-electron chi connectivity index (χ2n) is 6.57.